The van der Waals surface area contributed by atoms with Crippen LogP contribution in [0.2, 0.25) is 0 Å². The van der Waals surface area contributed by atoms with E-state index in [1.807, 2.05) is 0 Å². The molecule has 0 atom stereocenters. The Hall–Kier alpha value is -0.720. The third-order valence-corrected chi connectivity index (χ3v) is 1.87. The van der Waals surface area contributed by atoms with E-state index in [-0.39, 0.29) is 0 Å². The van der Waals surface area contributed by atoms with Gasteiger partial charge in [0, 0.05) is 0 Å². The van der Waals surface area contributed by atoms with Crippen LogP contribution in [0.3, 0.4) is 0 Å². The van der Waals surface area contributed by atoms with Gasteiger partial charge in [0.25, 0.3) is 0 Å². The van der Waals surface area contributed by atoms with Crippen molar-refractivity contribution in [3.63, 3.8) is 0 Å². The predicted octanol–water partition coefficient (Wildman–Crippen LogP) is 4.06. The molecule has 13 heavy (non-hydrogen) atoms. The molecule has 0 aromatic rings. The molecule has 0 rings (SSSR count). The Morgan fingerprint density at radius 3 is 2.54 bits per heavy atom. The summed E-state index contributed by atoms with van der Waals surface area (Å²) in [4.78, 5) is 0. The van der Waals surface area contributed by atoms with Crippen molar-refractivity contribution in [2.75, 3.05) is 6.61 Å². The summed E-state index contributed by atoms with van der Waals surface area (Å²) >= 11 is 0. The van der Waals surface area contributed by atoms with Gasteiger partial charge >= 0.3 is 0 Å². The van der Waals surface area contributed by atoms with Gasteiger partial charge in [-0.05, 0) is 32.1 Å². The minimum Gasteiger partial charge on any atom is -0.502 e. The highest BCUT2D eigenvalue weighted by atomic mass is 16.5. The molecule has 0 radical (unpaired) electrons. The first-order valence-corrected chi connectivity index (χ1v) is 5.29. The average molecular weight is 182 g/mol. The zero-order valence-electron chi connectivity index (χ0n) is 8.80. The van der Waals surface area contributed by atoms with Crippen LogP contribution in [0.4, 0.5) is 0 Å². The summed E-state index contributed by atoms with van der Waals surface area (Å²) in [5.41, 5.74) is 0. The second-order valence-electron chi connectivity index (χ2n) is 3.15. The Morgan fingerprint density at radius 2 is 1.85 bits per heavy atom. The Bertz CT molecular complexity index is 127. The topological polar surface area (TPSA) is 9.23 Å². The van der Waals surface area contributed by atoms with E-state index >= 15 is 0 Å². The average Bonchev–Trinajstić information content (AvgIpc) is 2.16. The second-order valence-corrected chi connectivity index (χ2v) is 3.15. The maximum Gasteiger partial charge on any atom is 0.0873 e. The van der Waals surface area contributed by atoms with Gasteiger partial charge in [0.2, 0.25) is 0 Å². The summed E-state index contributed by atoms with van der Waals surface area (Å²) in [5, 5.41) is 0. The maximum absolute atomic E-state index is 5.02. The molecule has 0 bridgehead atoms. The summed E-state index contributed by atoms with van der Waals surface area (Å²) in [7, 11) is 0. The van der Waals surface area contributed by atoms with Crippen LogP contribution in [-0.2, 0) is 4.74 Å². The fraction of sp³-hybridized carbons (Fsp3) is 0.667. The zero-order valence-corrected chi connectivity index (χ0v) is 8.80. The van der Waals surface area contributed by atoms with Gasteiger partial charge in [-0.3, -0.25) is 0 Å². The molecule has 0 heterocycles. The van der Waals surface area contributed by atoms with E-state index in [4.69, 9.17) is 4.74 Å². The number of unbranched alkanes of at least 4 members (excludes halogenated alkanes) is 4. The summed E-state index contributed by atoms with van der Waals surface area (Å²) in [6.45, 7) is 6.52. The van der Waals surface area contributed by atoms with E-state index in [0.29, 0.717) is 0 Å². The number of ether oxygens (including phenoxy) is 1. The van der Waals surface area contributed by atoms with Gasteiger partial charge in [-0.25, -0.2) is 0 Å². The molecule has 0 fully saturated rings. The lowest BCUT2D eigenvalue weighted by atomic mass is 10.2. The zero-order chi connectivity index (χ0) is 9.78. The first-order chi connectivity index (χ1) is 6.41. The highest BCUT2D eigenvalue weighted by Gasteiger charge is 1.86. The lowest BCUT2D eigenvalue weighted by Gasteiger charge is -1.98. The van der Waals surface area contributed by atoms with Gasteiger partial charge in [0.15, 0.2) is 0 Å². The van der Waals surface area contributed by atoms with Crippen molar-refractivity contribution in [2.24, 2.45) is 0 Å². The molecule has 0 unspecified atom stereocenters. The van der Waals surface area contributed by atoms with Gasteiger partial charge in [0.05, 0.1) is 12.9 Å². The quantitative estimate of drug-likeness (QED) is 0.297. The molecule has 76 valence electrons. The third kappa shape index (κ3) is 11.3. The van der Waals surface area contributed by atoms with Crippen LogP contribution in [0.1, 0.15) is 45.4 Å². The van der Waals surface area contributed by atoms with Crippen LogP contribution in [0.5, 0.6) is 0 Å². The largest absolute Gasteiger partial charge is 0.502 e. The normalized spacial score (nSPS) is 10.5. The molecule has 0 aromatic heterocycles. The Labute approximate surface area is 82.5 Å². The molecule has 0 aromatic carbocycles. The SMILES string of the molecule is C=COCCCCC/C=C/CCC. The summed E-state index contributed by atoms with van der Waals surface area (Å²) in [6.07, 6.45) is 13.5. The lowest BCUT2D eigenvalue weighted by Crippen LogP contribution is -1.86. The minimum absolute atomic E-state index is 0.822. The van der Waals surface area contributed by atoms with Crippen LogP contribution < -0.4 is 0 Å². The molecular weight excluding hydrogens is 160 g/mol. The van der Waals surface area contributed by atoms with Crippen LogP contribution in [0.25, 0.3) is 0 Å². The molecule has 0 aliphatic heterocycles. The van der Waals surface area contributed by atoms with Crippen molar-refractivity contribution < 1.29 is 4.74 Å². The molecule has 0 N–H and O–H groups in total. The number of hydrogen-bond donors (Lipinski definition) is 0. The molecule has 0 spiro atoms. The van der Waals surface area contributed by atoms with Gasteiger partial charge < -0.3 is 4.74 Å². The highest BCUT2D eigenvalue weighted by Crippen LogP contribution is 2.02. The molecule has 0 amide bonds. The number of allylic oxidation sites excluding steroid dienone is 2. The summed E-state index contributed by atoms with van der Waals surface area (Å²) < 4.78 is 5.02. The Morgan fingerprint density at radius 1 is 1.08 bits per heavy atom. The Kier molecular flexibility index (Phi) is 10.7. The fourth-order valence-corrected chi connectivity index (χ4v) is 1.11. The lowest BCUT2D eigenvalue weighted by molar-refractivity contribution is 0.242. The molecule has 0 aliphatic rings. The predicted molar refractivity (Wildman–Crippen MR) is 58.7 cm³/mol. The number of rotatable bonds is 9. The van der Waals surface area contributed by atoms with E-state index in [9.17, 15) is 0 Å². The van der Waals surface area contributed by atoms with Crippen LogP contribution >= 0.6 is 0 Å². The minimum atomic E-state index is 0.822. The van der Waals surface area contributed by atoms with Crippen molar-refractivity contribution in [2.45, 2.75) is 45.4 Å². The molecule has 0 aliphatic carbocycles. The fourth-order valence-electron chi connectivity index (χ4n) is 1.11. The van der Waals surface area contributed by atoms with Crippen LogP contribution in [0.15, 0.2) is 25.0 Å². The van der Waals surface area contributed by atoms with Gasteiger partial charge in [-0.1, -0.05) is 32.1 Å². The molecule has 1 heteroatoms. The van der Waals surface area contributed by atoms with Crippen molar-refractivity contribution in [3.05, 3.63) is 25.0 Å². The number of hydrogen-bond acceptors (Lipinski definition) is 1. The second kappa shape index (κ2) is 11.3. The van der Waals surface area contributed by atoms with Crippen LogP contribution in [-0.4, -0.2) is 6.61 Å². The monoisotopic (exact) mass is 182 g/mol. The summed E-state index contributed by atoms with van der Waals surface area (Å²) in [6, 6.07) is 0. The van der Waals surface area contributed by atoms with Gasteiger partial charge in [-0.2, -0.15) is 0 Å². The van der Waals surface area contributed by atoms with Crippen LogP contribution in [0, 0.1) is 0 Å². The van der Waals surface area contributed by atoms with Crippen molar-refractivity contribution in [1.82, 2.24) is 0 Å². The van der Waals surface area contributed by atoms with E-state index in [1.165, 1.54) is 38.4 Å². The third-order valence-electron chi connectivity index (χ3n) is 1.87. The van der Waals surface area contributed by atoms with Crippen molar-refractivity contribution in [1.29, 1.82) is 0 Å². The standard InChI is InChI=1S/C12H22O/c1-3-5-6-7-8-9-10-11-12-13-4-2/h4,6-7H,2-3,5,8-12H2,1H3/b7-6+. The van der Waals surface area contributed by atoms with Gasteiger partial charge in [-0.15, -0.1) is 0 Å². The molecular formula is C12H22O. The first-order valence-electron chi connectivity index (χ1n) is 5.29. The highest BCUT2D eigenvalue weighted by molar-refractivity contribution is 4.80. The molecule has 0 saturated carbocycles. The molecule has 0 saturated heterocycles. The Balaban J connectivity index is 2.94. The maximum atomic E-state index is 5.02. The van der Waals surface area contributed by atoms with Crippen molar-refractivity contribution >= 4 is 0 Å². The van der Waals surface area contributed by atoms with E-state index in [1.54, 1.807) is 0 Å². The van der Waals surface area contributed by atoms with E-state index in [2.05, 4.69) is 25.7 Å². The smallest absolute Gasteiger partial charge is 0.0873 e. The van der Waals surface area contributed by atoms with E-state index in [0.717, 1.165) is 13.0 Å². The first kappa shape index (κ1) is 12.3. The van der Waals surface area contributed by atoms with Gasteiger partial charge in [0.1, 0.15) is 0 Å². The van der Waals surface area contributed by atoms with E-state index < -0.39 is 0 Å². The summed E-state index contributed by atoms with van der Waals surface area (Å²) in [5.74, 6) is 0. The molecule has 1 nitrogen and oxygen atoms in total. The van der Waals surface area contributed by atoms with Crippen molar-refractivity contribution in [3.8, 4) is 0 Å².